The summed E-state index contributed by atoms with van der Waals surface area (Å²) in [6.45, 7) is 2.15. The van der Waals surface area contributed by atoms with Gasteiger partial charge in [-0.2, -0.15) is 0 Å². The minimum Gasteiger partial charge on any atom is -0.462 e. The number of carbonyl (C=O) groups is 1. The molecule has 3 heteroatoms. The van der Waals surface area contributed by atoms with E-state index >= 15 is 0 Å². The Hall–Kier alpha value is -1.95. The summed E-state index contributed by atoms with van der Waals surface area (Å²) in [5.74, 6) is 2.45. The Labute approximate surface area is 89.0 Å². The summed E-state index contributed by atoms with van der Waals surface area (Å²) in [4.78, 5) is 11.3. The van der Waals surface area contributed by atoms with E-state index in [-0.39, 0.29) is 5.97 Å². The molecule has 0 bridgehead atoms. The highest BCUT2D eigenvalue weighted by molar-refractivity contribution is 5.89. The van der Waals surface area contributed by atoms with Crippen LogP contribution in [0.4, 0.5) is 0 Å². The van der Waals surface area contributed by atoms with Gasteiger partial charge >= 0.3 is 5.97 Å². The minimum atomic E-state index is -0.316. The number of esters is 1. The standard InChI is InChI=1S/C12H12O3/c1-3-15-12(13)11-6-4-10(5-7-11)8-9-14-2/h4-7H,3H2,1-2H3. The third-order valence-electron chi connectivity index (χ3n) is 1.69. The summed E-state index contributed by atoms with van der Waals surface area (Å²) in [5.41, 5.74) is 1.32. The fraction of sp³-hybridized carbons (Fsp3) is 0.250. The van der Waals surface area contributed by atoms with Crippen molar-refractivity contribution in [3.05, 3.63) is 35.4 Å². The molecule has 0 aliphatic rings. The number of benzene rings is 1. The average molecular weight is 204 g/mol. The number of carbonyl (C=O) groups excluding carboxylic acids is 1. The minimum absolute atomic E-state index is 0.316. The smallest absolute Gasteiger partial charge is 0.338 e. The lowest BCUT2D eigenvalue weighted by Crippen LogP contribution is -2.04. The van der Waals surface area contributed by atoms with E-state index in [0.717, 1.165) is 5.56 Å². The van der Waals surface area contributed by atoms with Gasteiger partial charge in [0.2, 0.25) is 0 Å². The van der Waals surface area contributed by atoms with Crippen LogP contribution in [-0.2, 0) is 9.47 Å². The van der Waals surface area contributed by atoms with E-state index in [1.807, 2.05) is 0 Å². The summed E-state index contributed by atoms with van der Waals surface area (Å²) in [7, 11) is 1.50. The van der Waals surface area contributed by atoms with Crippen LogP contribution >= 0.6 is 0 Å². The second-order valence-corrected chi connectivity index (χ2v) is 2.73. The van der Waals surface area contributed by atoms with Gasteiger partial charge in [-0.05, 0) is 37.1 Å². The largest absolute Gasteiger partial charge is 0.462 e. The molecule has 0 saturated heterocycles. The molecule has 0 aromatic heterocycles. The van der Waals surface area contributed by atoms with Gasteiger partial charge in [-0.1, -0.05) is 0 Å². The number of hydrogen-bond acceptors (Lipinski definition) is 3. The first kappa shape index (κ1) is 11.1. The van der Waals surface area contributed by atoms with E-state index in [0.29, 0.717) is 12.2 Å². The van der Waals surface area contributed by atoms with Crippen molar-refractivity contribution >= 4 is 5.97 Å². The molecular formula is C12H12O3. The van der Waals surface area contributed by atoms with Gasteiger partial charge in [-0.3, -0.25) is 0 Å². The summed E-state index contributed by atoms with van der Waals surface area (Å²) in [6.07, 6.45) is 2.47. The zero-order valence-corrected chi connectivity index (χ0v) is 8.74. The van der Waals surface area contributed by atoms with E-state index in [9.17, 15) is 4.79 Å². The Morgan fingerprint density at radius 1 is 1.33 bits per heavy atom. The van der Waals surface area contributed by atoms with E-state index in [2.05, 4.69) is 16.8 Å². The van der Waals surface area contributed by atoms with Crippen LogP contribution in [0.1, 0.15) is 22.8 Å². The topological polar surface area (TPSA) is 35.5 Å². The average Bonchev–Trinajstić information content (AvgIpc) is 2.27. The van der Waals surface area contributed by atoms with E-state index in [1.54, 1.807) is 31.2 Å². The molecule has 0 aliphatic carbocycles. The summed E-state index contributed by atoms with van der Waals surface area (Å²) in [5, 5.41) is 0. The number of rotatable bonds is 2. The maximum Gasteiger partial charge on any atom is 0.338 e. The van der Waals surface area contributed by atoms with E-state index < -0.39 is 0 Å². The zero-order valence-electron chi connectivity index (χ0n) is 8.74. The quantitative estimate of drug-likeness (QED) is 0.544. The van der Waals surface area contributed by atoms with Crippen molar-refractivity contribution in [3.8, 4) is 12.0 Å². The Morgan fingerprint density at radius 2 is 2.00 bits per heavy atom. The third kappa shape index (κ3) is 3.35. The molecule has 78 valence electrons. The van der Waals surface area contributed by atoms with Crippen molar-refractivity contribution < 1.29 is 14.3 Å². The molecule has 0 amide bonds. The Bertz CT molecular complexity index is 382. The van der Waals surface area contributed by atoms with Crippen molar-refractivity contribution in [2.75, 3.05) is 13.7 Å². The maximum atomic E-state index is 11.3. The molecule has 1 rings (SSSR count). The molecule has 1 aromatic carbocycles. The van der Waals surface area contributed by atoms with Crippen LogP contribution in [0.2, 0.25) is 0 Å². The zero-order chi connectivity index (χ0) is 11.1. The monoisotopic (exact) mass is 204 g/mol. The van der Waals surface area contributed by atoms with E-state index in [4.69, 9.17) is 4.74 Å². The second-order valence-electron chi connectivity index (χ2n) is 2.73. The second kappa shape index (κ2) is 5.71. The molecule has 1 aromatic rings. The van der Waals surface area contributed by atoms with Crippen molar-refractivity contribution in [3.63, 3.8) is 0 Å². The highest BCUT2D eigenvalue weighted by atomic mass is 16.5. The fourth-order valence-electron chi connectivity index (χ4n) is 1.01. The molecule has 3 nitrogen and oxygen atoms in total. The highest BCUT2D eigenvalue weighted by Gasteiger charge is 2.04. The SMILES string of the molecule is CCOC(=O)c1ccc(C#COC)cc1. The Kier molecular flexibility index (Phi) is 4.24. The highest BCUT2D eigenvalue weighted by Crippen LogP contribution is 2.04. The van der Waals surface area contributed by atoms with Gasteiger partial charge in [0.25, 0.3) is 0 Å². The van der Waals surface area contributed by atoms with Crippen LogP contribution in [0.5, 0.6) is 0 Å². The normalized spacial score (nSPS) is 8.67. The molecule has 0 spiro atoms. The predicted molar refractivity (Wildman–Crippen MR) is 56.3 cm³/mol. The first-order valence-corrected chi connectivity index (χ1v) is 4.59. The molecule has 0 saturated carbocycles. The molecule has 15 heavy (non-hydrogen) atoms. The van der Waals surface area contributed by atoms with Gasteiger partial charge in [-0.15, -0.1) is 0 Å². The molecule has 0 radical (unpaired) electrons. The lowest BCUT2D eigenvalue weighted by molar-refractivity contribution is 0.0526. The van der Waals surface area contributed by atoms with Crippen LogP contribution in [-0.4, -0.2) is 19.7 Å². The molecule has 0 aliphatic heterocycles. The predicted octanol–water partition coefficient (Wildman–Crippen LogP) is 1.82. The van der Waals surface area contributed by atoms with Crippen LogP contribution in [0.3, 0.4) is 0 Å². The molecule has 0 unspecified atom stereocenters. The Balaban J connectivity index is 2.76. The van der Waals surface area contributed by atoms with Gasteiger partial charge in [0.05, 0.1) is 19.3 Å². The molecule has 0 atom stereocenters. The van der Waals surface area contributed by atoms with Gasteiger partial charge in [-0.25, -0.2) is 4.79 Å². The first-order chi connectivity index (χ1) is 7.27. The van der Waals surface area contributed by atoms with Gasteiger partial charge in [0, 0.05) is 5.56 Å². The van der Waals surface area contributed by atoms with Crippen molar-refractivity contribution in [2.24, 2.45) is 0 Å². The van der Waals surface area contributed by atoms with Crippen molar-refractivity contribution in [1.29, 1.82) is 0 Å². The summed E-state index contributed by atoms with van der Waals surface area (Å²) >= 11 is 0. The van der Waals surface area contributed by atoms with Crippen LogP contribution < -0.4 is 0 Å². The van der Waals surface area contributed by atoms with E-state index in [1.165, 1.54) is 7.11 Å². The molecule has 0 heterocycles. The number of methoxy groups -OCH3 is 1. The van der Waals surface area contributed by atoms with Crippen LogP contribution in [0, 0.1) is 12.0 Å². The van der Waals surface area contributed by atoms with Crippen LogP contribution in [0.25, 0.3) is 0 Å². The number of hydrogen-bond donors (Lipinski definition) is 0. The number of ether oxygens (including phenoxy) is 2. The molecule has 0 fully saturated rings. The summed E-state index contributed by atoms with van der Waals surface area (Å²) in [6, 6.07) is 6.85. The molecule has 0 N–H and O–H groups in total. The van der Waals surface area contributed by atoms with Crippen molar-refractivity contribution in [2.45, 2.75) is 6.92 Å². The van der Waals surface area contributed by atoms with Crippen LogP contribution in [0.15, 0.2) is 24.3 Å². The maximum absolute atomic E-state index is 11.3. The third-order valence-corrected chi connectivity index (χ3v) is 1.69. The lowest BCUT2D eigenvalue weighted by atomic mass is 10.1. The Morgan fingerprint density at radius 3 is 2.53 bits per heavy atom. The van der Waals surface area contributed by atoms with Gasteiger partial charge in [0.15, 0.2) is 0 Å². The van der Waals surface area contributed by atoms with Crippen molar-refractivity contribution in [1.82, 2.24) is 0 Å². The van der Waals surface area contributed by atoms with Gasteiger partial charge in [0.1, 0.15) is 6.11 Å². The molecular weight excluding hydrogens is 192 g/mol. The first-order valence-electron chi connectivity index (χ1n) is 4.59. The van der Waals surface area contributed by atoms with Gasteiger partial charge < -0.3 is 9.47 Å². The lowest BCUT2D eigenvalue weighted by Gasteiger charge is -2.00. The fourth-order valence-corrected chi connectivity index (χ4v) is 1.01. The summed E-state index contributed by atoms with van der Waals surface area (Å²) < 4.78 is 9.46.